The third-order valence-electron chi connectivity index (χ3n) is 2.01. The predicted octanol–water partition coefficient (Wildman–Crippen LogP) is 2.61. The van der Waals surface area contributed by atoms with Gasteiger partial charge in [0.1, 0.15) is 0 Å². The third kappa shape index (κ3) is 2.30. The van der Waals surface area contributed by atoms with E-state index in [-0.39, 0.29) is 5.69 Å². The van der Waals surface area contributed by atoms with Crippen molar-refractivity contribution < 1.29 is 13.2 Å². The molecule has 0 N–H and O–H groups in total. The van der Waals surface area contributed by atoms with E-state index in [1.54, 1.807) is 27.7 Å². The summed E-state index contributed by atoms with van der Waals surface area (Å²) in [6.45, 7) is 7.27. The van der Waals surface area contributed by atoms with Crippen molar-refractivity contribution in [1.82, 2.24) is 15.0 Å². The van der Waals surface area contributed by atoms with Gasteiger partial charge in [-0.05, 0) is 6.92 Å². The number of rotatable bonds is 1. The zero-order valence-electron chi connectivity index (χ0n) is 9.18. The van der Waals surface area contributed by atoms with E-state index in [9.17, 15) is 13.2 Å². The number of hydrogen-bond donors (Lipinski definition) is 0. The summed E-state index contributed by atoms with van der Waals surface area (Å²) in [5.41, 5.74) is -1.36. The van der Waals surface area contributed by atoms with Crippen LogP contribution in [0.1, 0.15) is 39.1 Å². The average molecular weight is 221 g/mol. The molecule has 0 saturated carbocycles. The molecule has 0 fully saturated rings. The van der Waals surface area contributed by atoms with Crippen molar-refractivity contribution in [2.45, 2.75) is 45.8 Å². The number of halogens is 3. The summed E-state index contributed by atoms with van der Waals surface area (Å²) in [5, 5.41) is 6.73. The van der Waals surface area contributed by atoms with Crippen molar-refractivity contribution in [3.05, 3.63) is 11.4 Å². The molecule has 1 aromatic heterocycles. The highest BCUT2D eigenvalue weighted by Gasteiger charge is 2.41. The highest BCUT2D eigenvalue weighted by Crippen LogP contribution is 2.35. The maximum atomic E-state index is 12.6. The van der Waals surface area contributed by atoms with Gasteiger partial charge in [-0.1, -0.05) is 26.0 Å². The number of aromatic nitrogens is 3. The molecular weight excluding hydrogens is 207 g/mol. The molecule has 0 aliphatic rings. The van der Waals surface area contributed by atoms with Crippen molar-refractivity contribution in [1.29, 1.82) is 0 Å². The molecule has 1 rings (SSSR count). The average Bonchev–Trinajstić information content (AvgIpc) is 2.44. The quantitative estimate of drug-likeness (QED) is 0.729. The van der Waals surface area contributed by atoms with Crippen molar-refractivity contribution in [2.75, 3.05) is 0 Å². The van der Waals surface area contributed by atoms with Crippen LogP contribution in [-0.2, 0) is 18.1 Å². The molecule has 0 bridgehead atoms. The highest BCUT2D eigenvalue weighted by molar-refractivity contribution is 5.21. The fraction of sp³-hybridized carbons (Fsp3) is 0.778. The first-order valence-corrected chi connectivity index (χ1v) is 4.69. The van der Waals surface area contributed by atoms with Crippen LogP contribution in [0.5, 0.6) is 0 Å². The Morgan fingerprint density at radius 2 is 1.73 bits per heavy atom. The lowest BCUT2D eigenvalue weighted by Crippen LogP contribution is -2.23. The SMILES string of the molecule is CCn1nnc(C(F)(F)F)c1C(C)(C)C. The van der Waals surface area contributed by atoms with Crippen LogP contribution >= 0.6 is 0 Å². The highest BCUT2D eigenvalue weighted by atomic mass is 19.4. The lowest BCUT2D eigenvalue weighted by Gasteiger charge is -2.21. The van der Waals surface area contributed by atoms with Crippen molar-refractivity contribution in [2.24, 2.45) is 0 Å². The van der Waals surface area contributed by atoms with Crippen LogP contribution in [0.2, 0.25) is 0 Å². The third-order valence-corrected chi connectivity index (χ3v) is 2.01. The Bertz CT molecular complexity index is 346. The van der Waals surface area contributed by atoms with Gasteiger partial charge in [0, 0.05) is 12.0 Å². The van der Waals surface area contributed by atoms with Gasteiger partial charge in [-0.2, -0.15) is 13.2 Å². The second kappa shape index (κ2) is 3.50. The Morgan fingerprint density at radius 1 is 1.20 bits per heavy atom. The second-order valence-electron chi connectivity index (χ2n) is 4.35. The maximum absolute atomic E-state index is 12.6. The Kier molecular flexibility index (Phi) is 2.80. The Morgan fingerprint density at radius 3 is 2.07 bits per heavy atom. The van der Waals surface area contributed by atoms with Crippen molar-refractivity contribution in [3.63, 3.8) is 0 Å². The first-order chi connectivity index (χ1) is 6.68. The van der Waals surface area contributed by atoms with Crippen LogP contribution < -0.4 is 0 Å². The Labute approximate surface area is 86.3 Å². The van der Waals surface area contributed by atoms with Gasteiger partial charge in [0.15, 0.2) is 5.69 Å². The number of alkyl halides is 3. The molecule has 86 valence electrons. The Hall–Kier alpha value is -1.07. The van der Waals surface area contributed by atoms with Gasteiger partial charge >= 0.3 is 6.18 Å². The summed E-state index contributed by atoms with van der Waals surface area (Å²) in [6, 6.07) is 0. The van der Waals surface area contributed by atoms with Gasteiger partial charge in [0.25, 0.3) is 0 Å². The number of nitrogens with zero attached hydrogens (tertiary/aromatic N) is 3. The fourth-order valence-electron chi connectivity index (χ4n) is 1.47. The molecule has 6 heteroatoms. The number of aryl methyl sites for hydroxylation is 1. The first kappa shape index (κ1) is 12.0. The lowest BCUT2D eigenvalue weighted by molar-refractivity contribution is -0.142. The summed E-state index contributed by atoms with van der Waals surface area (Å²) >= 11 is 0. The molecule has 0 amide bonds. The fourth-order valence-corrected chi connectivity index (χ4v) is 1.47. The van der Waals surface area contributed by atoms with E-state index in [0.29, 0.717) is 6.54 Å². The first-order valence-electron chi connectivity index (χ1n) is 4.69. The summed E-state index contributed by atoms with van der Waals surface area (Å²) in [6.07, 6.45) is -4.43. The van der Waals surface area contributed by atoms with Gasteiger partial charge in [-0.15, -0.1) is 5.10 Å². The lowest BCUT2D eigenvalue weighted by atomic mass is 9.90. The zero-order chi connectivity index (χ0) is 11.9. The molecule has 0 aliphatic heterocycles. The van der Waals surface area contributed by atoms with Crippen molar-refractivity contribution >= 4 is 0 Å². The van der Waals surface area contributed by atoms with Gasteiger partial charge in [0.2, 0.25) is 0 Å². The van der Waals surface area contributed by atoms with Gasteiger partial charge in [-0.3, -0.25) is 0 Å². The van der Waals surface area contributed by atoms with E-state index in [2.05, 4.69) is 10.3 Å². The summed E-state index contributed by atoms with van der Waals surface area (Å²) in [4.78, 5) is 0. The van der Waals surface area contributed by atoms with Crippen LogP contribution in [0.3, 0.4) is 0 Å². The summed E-state index contributed by atoms with van der Waals surface area (Å²) in [7, 11) is 0. The van der Waals surface area contributed by atoms with Crippen molar-refractivity contribution in [3.8, 4) is 0 Å². The molecule has 0 aliphatic carbocycles. The summed E-state index contributed by atoms with van der Waals surface area (Å²) < 4.78 is 39.1. The Balaban J connectivity index is 3.37. The molecule has 0 unspecified atom stereocenters. The minimum absolute atomic E-state index is 0.137. The predicted molar refractivity (Wildman–Crippen MR) is 49.4 cm³/mol. The molecule has 1 heterocycles. The van der Waals surface area contributed by atoms with Crippen LogP contribution in [0, 0.1) is 0 Å². The summed E-state index contributed by atoms with van der Waals surface area (Å²) in [5.74, 6) is 0. The second-order valence-corrected chi connectivity index (χ2v) is 4.35. The van der Waals surface area contributed by atoms with Gasteiger partial charge in [0.05, 0.1) is 5.69 Å². The minimum Gasteiger partial charge on any atom is -0.249 e. The molecule has 0 spiro atoms. The minimum atomic E-state index is -4.43. The van der Waals surface area contributed by atoms with Gasteiger partial charge < -0.3 is 0 Å². The van der Waals surface area contributed by atoms with E-state index in [1.165, 1.54) is 4.68 Å². The van der Waals surface area contributed by atoms with Gasteiger partial charge in [-0.25, -0.2) is 4.68 Å². The smallest absolute Gasteiger partial charge is 0.249 e. The molecule has 1 aromatic rings. The van der Waals surface area contributed by atoms with E-state index in [4.69, 9.17) is 0 Å². The number of hydrogen-bond acceptors (Lipinski definition) is 2. The molecular formula is C9H14F3N3. The largest absolute Gasteiger partial charge is 0.437 e. The van der Waals surface area contributed by atoms with E-state index in [1.807, 2.05) is 0 Å². The van der Waals surface area contributed by atoms with Crippen LogP contribution in [0.15, 0.2) is 0 Å². The molecule has 0 saturated heterocycles. The standard InChI is InChI=1S/C9H14F3N3/c1-5-15-7(8(2,3)4)6(13-14-15)9(10,11)12/h5H2,1-4H3. The topological polar surface area (TPSA) is 30.7 Å². The van der Waals surface area contributed by atoms with E-state index >= 15 is 0 Å². The normalized spacial score (nSPS) is 13.3. The van der Waals surface area contributed by atoms with Crippen LogP contribution in [-0.4, -0.2) is 15.0 Å². The molecule has 0 atom stereocenters. The maximum Gasteiger partial charge on any atom is 0.437 e. The van der Waals surface area contributed by atoms with E-state index in [0.717, 1.165) is 0 Å². The molecule has 15 heavy (non-hydrogen) atoms. The molecule has 0 aromatic carbocycles. The van der Waals surface area contributed by atoms with Crippen LogP contribution in [0.4, 0.5) is 13.2 Å². The van der Waals surface area contributed by atoms with E-state index < -0.39 is 17.3 Å². The zero-order valence-corrected chi connectivity index (χ0v) is 9.18. The molecule has 0 radical (unpaired) electrons. The monoisotopic (exact) mass is 221 g/mol. The van der Waals surface area contributed by atoms with Crippen LogP contribution in [0.25, 0.3) is 0 Å². The molecule has 3 nitrogen and oxygen atoms in total.